The molecule has 1 aliphatic heterocycles. The van der Waals surface area contributed by atoms with Gasteiger partial charge in [-0.25, -0.2) is 4.79 Å². The smallest absolute Gasteiger partial charge is 0.317 e. The van der Waals surface area contributed by atoms with Gasteiger partial charge in [-0.15, -0.1) is 0 Å². The monoisotopic (exact) mass is 332 g/mol. The molecule has 1 aromatic rings. The van der Waals surface area contributed by atoms with Crippen molar-refractivity contribution in [2.75, 3.05) is 33.7 Å². The highest BCUT2D eigenvalue weighted by atomic mass is 16.2. The Labute approximate surface area is 146 Å². The van der Waals surface area contributed by atoms with Gasteiger partial charge in [-0.3, -0.25) is 4.98 Å². The predicted molar refractivity (Wildman–Crippen MR) is 98.1 cm³/mol. The van der Waals surface area contributed by atoms with Gasteiger partial charge in [0.25, 0.3) is 0 Å². The van der Waals surface area contributed by atoms with Gasteiger partial charge in [-0.1, -0.05) is 6.07 Å². The van der Waals surface area contributed by atoms with Crippen LogP contribution in [0.2, 0.25) is 0 Å². The number of piperidine rings is 1. The van der Waals surface area contributed by atoms with Gasteiger partial charge in [0, 0.05) is 37.9 Å². The first-order valence-electron chi connectivity index (χ1n) is 9.07. The fourth-order valence-corrected chi connectivity index (χ4v) is 3.21. The van der Waals surface area contributed by atoms with Gasteiger partial charge in [-0.05, 0) is 70.8 Å². The number of carbonyl (C=O) groups is 1. The summed E-state index contributed by atoms with van der Waals surface area (Å²) in [6, 6.07) is 4.16. The van der Waals surface area contributed by atoms with E-state index in [9.17, 15) is 4.79 Å². The number of aromatic nitrogens is 1. The third-order valence-electron chi connectivity index (χ3n) is 5.26. The molecule has 24 heavy (non-hydrogen) atoms. The second-order valence-electron chi connectivity index (χ2n) is 7.20. The van der Waals surface area contributed by atoms with Crippen LogP contribution in [0.1, 0.15) is 37.4 Å². The number of likely N-dealkylation sites (tertiary alicyclic amines) is 1. The molecule has 2 heterocycles. The average molecular weight is 332 g/mol. The van der Waals surface area contributed by atoms with Crippen LogP contribution in [-0.2, 0) is 6.42 Å². The lowest BCUT2D eigenvalue weighted by molar-refractivity contribution is 0.188. The van der Waals surface area contributed by atoms with E-state index in [1.807, 2.05) is 19.3 Å². The number of aryl methyl sites for hydroxylation is 1. The topological polar surface area (TPSA) is 48.5 Å². The van der Waals surface area contributed by atoms with Crippen molar-refractivity contribution >= 4 is 6.03 Å². The quantitative estimate of drug-likeness (QED) is 0.871. The zero-order chi connectivity index (χ0) is 17.5. The van der Waals surface area contributed by atoms with Crippen LogP contribution in [0.5, 0.6) is 0 Å². The van der Waals surface area contributed by atoms with Gasteiger partial charge in [-0.2, -0.15) is 0 Å². The first-order valence-corrected chi connectivity index (χ1v) is 9.07. The van der Waals surface area contributed by atoms with Crippen LogP contribution in [0.25, 0.3) is 0 Å². The number of likely N-dealkylation sites (N-methyl/N-ethyl adjacent to an activating group) is 1. The maximum Gasteiger partial charge on any atom is 0.317 e. The van der Waals surface area contributed by atoms with Crippen molar-refractivity contribution < 1.29 is 4.79 Å². The molecule has 0 bridgehead atoms. The molecule has 1 fully saturated rings. The standard InChI is InChI=1S/C19H32N4O/c1-15-6-5-10-20-18(15)14-16(2)23(4)19(24)21-11-7-17-8-12-22(3)13-9-17/h5-6,10,16-17H,7-9,11-14H2,1-4H3,(H,21,24). The number of amides is 2. The number of nitrogens with zero attached hydrogens (tertiary/aromatic N) is 3. The van der Waals surface area contributed by atoms with Gasteiger partial charge in [0.2, 0.25) is 0 Å². The number of rotatable bonds is 6. The summed E-state index contributed by atoms with van der Waals surface area (Å²) in [5, 5.41) is 3.08. The number of pyridine rings is 1. The normalized spacial score (nSPS) is 17.5. The first kappa shape index (κ1) is 18.7. The molecule has 1 saturated heterocycles. The van der Waals surface area contributed by atoms with Crippen LogP contribution in [0.15, 0.2) is 18.3 Å². The maximum absolute atomic E-state index is 12.3. The third kappa shape index (κ3) is 5.48. The number of carbonyl (C=O) groups excluding carboxylic acids is 1. The molecule has 1 aromatic heterocycles. The van der Waals surface area contributed by atoms with Gasteiger partial charge in [0.05, 0.1) is 0 Å². The van der Waals surface area contributed by atoms with E-state index in [4.69, 9.17) is 0 Å². The predicted octanol–water partition coefficient (Wildman–Crippen LogP) is 2.69. The molecular weight excluding hydrogens is 300 g/mol. The molecule has 0 radical (unpaired) electrons. The highest BCUT2D eigenvalue weighted by Crippen LogP contribution is 2.18. The zero-order valence-electron chi connectivity index (χ0n) is 15.6. The van der Waals surface area contributed by atoms with Crippen LogP contribution in [0, 0.1) is 12.8 Å². The Balaban J connectivity index is 1.72. The number of hydrogen-bond donors (Lipinski definition) is 1. The van der Waals surface area contributed by atoms with Crippen molar-refractivity contribution in [1.82, 2.24) is 20.1 Å². The molecule has 134 valence electrons. The van der Waals surface area contributed by atoms with E-state index >= 15 is 0 Å². The summed E-state index contributed by atoms with van der Waals surface area (Å²) in [7, 11) is 4.05. The molecule has 1 atom stereocenters. The molecule has 0 aromatic carbocycles. The molecule has 5 nitrogen and oxygen atoms in total. The van der Waals surface area contributed by atoms with E-state index in [0.717, 1.165) is 31.0 Å². The number of urea groups is 1. The van der Waals surface area contributed by atoms with E-state index in [2.05, 4.69) is 42.2 Å². The summed E-state index contributed by atoms with van der Waals surface area (Å²) in [6.07, 6.45) is 6.18. The van der Waals surface area contributed by atoms with Crippen LogP contribution in [0.4, 0.5) is 4.79 Å². The fraction of sp³-hybridized carbons (Fsp3) is 0.684. The molecule has 0 spiro atoms. The van der Waals surface area contributed by atoms with Crippen molar-refractivity contribution in [3.05, 3.63) is 29.6 Å². The van der Waals surface area contributed by atoms with E-state index in [1.165, 1.54) is 31.5 Å². The van der Waals surface area contributed by atoms with Gasteiger partial charge < -0.3 is 15.1 Å². The minimum Gasteiger partial charge on any atom is -0.338 e. The van der Waals surface area contributed by atoms with Crippen LogP contribution in [0.3, 0.4) is 0 Å². The highest BCUT2D eigenvalue weighted by Gasteiger charge is 2.19. The molecule has 1 aliphatic rings. The fourth-order valence-electron chi connectivity index (χ4n) is 3.21. The molecule has 0 aliphatic carbocycles. The lowest BCUT2D eigenvalue weighted by atomic mass is 9.94. The van der Waals surface area contributed by atoms with E-state index in [-0.39, 0.29) is 12.1 Å². The van der Waals surface area contributed by atoms with Crippen molar-refractivity contribution in [3.63, 3.8) is 0 Å². The minimum absolute atomic E-state index is 0.0176. The Kier molecular flexibility index (Phi) is 7.03. The first-order chi connectivity index (χ1) is 11.5. The van der Waals surface area contributed by atoms with Gasteiger partial charge in [0.1, 0.15) is 0 Å². The molecule has 2 rings (SSSR count). The summed E-state index contributed by atoms with van der Waals surface area (Å²) in [6.45, 7) is 7.27. The average Bonchev–Trinajstić information content (AvgIpc) is 2.58. The maximum atomic E-state index is 12.3. The molecule has 1 unspecified atom stereocenters. The summed E-state index contributed by atoms with van der Waals surface area (Å²) in [5.74, 6) is 0.750. The Morgan fingerprint density at radius 3 is 2.83 bits per heavy atom. The molecule has 2 amide bonds. The zero-order valence-corrected chi connectivity index (χ0v) is 15.6. The second kappa shape index (κ2) is 9.02. The lowest BCUT2D eigenvalue weighted by Gasteiger charge is -2.29. The van der Waals surface area contributed by atoms with Crippen molar-refractivity contribution in [2.24, 2.45) is 5.92 Å². The summed E-state index contributed by atoms with van der Waals surface area (Å²) in [4.78, 5) is 20.9. The largest absolute Gasteiger partial charge is 0.338 e. The van der Waals surface area contributed by atoms with Crippen molar-refractivity contribution in [1.29, 1.82) is 0 Å². The molecule has 0 saturated carbocycles. The Hall–Kier alpha value is -1.62. The van der Waals surface area contributed by atoms with Crippen LogP contribution in [-0.4, -0.2) is 60.6 Å². The number of nitrogens with one attached hydrogen (secondary N) is 1. The Bertz CT molecular complexity index is 526. The molecule has 5 heteroatoms. The Morgan fingerprint density at radius 1 is 1.46 bits per heavy atom. The number of hydrogen-bond acceptors (Lipinski definition) is 3. The Morgan fingerprint density at radius 2 is 2.17 bits per heavy atom. The molecule has 1 N–H and O–H groups in total. The van der Waals surface area contributed by atoms with E-state index in [1.54, 1.807) is 4.90 Å². The highest BCUT2D eigenvalue weighted by molar-refractivity contribution is 5.74. The third-order valence-corrected chi connectivity index (χ3v) is 5.26. The van der Waals surface area contributed by atoms with Crippen molar-refractivity contribution in [3.8, 4) is 0 Å². The van der Waals surface area contributed by atoms with E-state index < -0.39 is 0 Å². The summed E-state index contributed by atoms with van der Waals surface area (Å²) >= 11 is 0. The SMILES string of the molecule is Cc1cccnc1CC(C)N(C)C(=O)NCCC1CCN(C)CC1. The minimum atomic E-state index is 0.0176. The van der Waals surface area contributed by atoms with E-state index in [0.29, 0.717) is 0 Å². The summed E-state index contributed by atoms with van der Waals surface area (Å²) < 4.78 is 0. The van der Waals surface area contributed by atoms with Gasteiger partial charge in [0.15, 0.2) is 0 Å². The van der Waals surface area contributed by atoms with Crippen LogP contribution < -0.4 is 5.32 Å². The van der Waals surface area contributed by atoms with Crippen LogP contribution >= 0.6 is 0 Å². The lowest BCUT2D eigenvalue weighted by Crippen LogP contribution is -2.44. The molecular formula is C19H32N4O. The second-order valence-corrected chi connectivity index (χ2v) is 7.20. The summed E-state index contributed by atoms with van der Waals surface area (Å²) in [5.41, 5.74) is 2.25. The van der Waals surface area contributed by atoms with Crippen molar-refractivity contribution in [2.45, 2.75) is 45.6 Å². The van der Waals surface area contributed by atoms with Gasteiger partial charge >= 0.3 is 6.03 Å².